The summed E-state index contributed by atoms with van der Waals surface area (Å²) in [7, 11) is 1.28. The van der Waals surface area contributed by atoms with Crippen LogP contribution in [0.3, 0.4) is 0 Å². The number of carbonyl (C=O) groups is 1. The Labute approximate surface area is 143 Å². The maximum atomic E-state index is 12.0. The maximum absolute atomic E-state index is 12.0. The number of ether oxygens (including phenoxy) is 1. The summed E-state index contributed by atoms with van der Waals surface area (Å²) in [5.74, 6) is -0.0885. The molecule has 2 aromatic rings. The van der Waals surface area contributed by atoms with E-state index in [2.05, 4.69) is 4.98 Å². The number of aliphatic hydroxyl groups excluding tert-OH is 1. The zero-order chi connectivity index (χ0) is 18.0. The van der Waals surface area contributed by atoms with Crippen molar-refractivity contribution >= 4 is 17.5 Å². The number of aliphatic hydroxyl groups is 1. The van der Waals surface area contributed by atoms with Crippen molar-refractivity contribution in [2.24, 2.45) is 0 Å². The quantitative estimate of drug-likeness (QED) is 0.512. The van der Waals surface area contributed by atoms with Gasteiger partial charge in [0.25, 0.3) is 5.69 Å². The number of hydrogen-bond acceptors (Lipinski definition) is 7. The molecule has 0 spiro atoms. The number of rotatable bonds is 4. The standard InChI is InChI=1S/C17H17N3O5/c1-25-17(22)14-9-12(21)10-19(14)15-8-7-13(20(23)24)16(18-15)11-5-3-2-4-6-11/h2-8,12,14,21H,9-10H2,1H3/t12-,14+/m1/s1. The Balaban J connectivity index is 2.06. The Hall–Kier alpha value is -3.00. The molecule has 1 fully saturated rings. The lowest BCUT2D eigenvalue weighted by Crippen LogP contribution is -2.37. The van der Waals surface area contributed by atoms with Gasteiger partial charge >= 0.3 is 5.97 Å². The molecular weight excluding hydrogens is 326 g/mol. The lowest BCUT2D eigenvalue weighted by Gasteiger charge is -2.23. The molecule has 2 atom stereocenters. The third-order valence-electron chi connectivity index (χ3n) is 4.15. The van der Waals surface area contributed by atoms with E-state index in [4.69, 9.17) is 4.74 Å². The molecule has 130 valence electrons. The number of nitrogens with zero attached hydrogens (tertiary/aromatic N) is 3. The minimum atomic E-state index is -0.693. The molecule has 1 aliphatic rings. The smallest absolute Gasteiger partial charge is 0.328 e. The molecule has 1 saturated heterocycles. The van der Waals surface area contributed by atoms with Crippen molar-refractivity contribution in [2.75, 3.05) is 18.6 Å². The van der Waals surface area contributed by atoms with Crippen molar-refractivity contribution in [3.63, 3.8) is 0 Å². The van der Waals surface area contributed by atoms with E-state index in [9.17, 15) is 20.0 Å². The fourth-order valence-corrected chi connectivity index (χ4v) is 2.98. The van der Waals surface area contributed by atoms with Gasteiger partial charge in [-0.2, -0.15) is 0 Å². The second-order valence-corrected chi connectivity index (χ2v) is 5.74. The summed E-state index contributed by atoms with van der Waals surface area (Å²) >= 11 is 0. The summed E-state index contributed by atoms with van der Waals surface area (Å²) in [6.07, 6.45) is -0.465. The molecule has 25 heavy (non-hydrogen) atoms. The van der Waals surface area contributed by atoms with Crippen LogP contribution in [0.25, 0.3) is 11.3 Å². The van der Waals surface area contributed by atoms with E-state index in [0.717, 1.165) is 0 Å². The molecule has 8 nitrogen and oxygen atoms in total. The second kappa shape index (κ2) is 6.86. The fourth-order valence-electron chi connectivity index (χ4n) is 2.98. The molecule has 0 amide bonds. The van der Waals surface area contributed by atoms with Gasteiger partial charge < -0.3 is 14.7 Å². The molecule has 8 heteroatoms. The van der Waals surface area contributed by atoms with Crippen LogP contribution in [-0.2, 0) is 9.53 Å². The number of esters is 1. The Kier molecular flexibility index (Phi) is 4.62. The highest BCUT2D eigenvalue weighted by Crippen LogP contribution is 2.33. The molecule has 1 N–H and O–H groups in total. The van der Waals surface area contributed by atoms with Gasteiger partial charge in [-0.15, -0.1) is 0 Å². The van der Waals surface area contributed by atoms with Gasteiger partial charge in [0.05, 0.1) is 18.1 Å². The Bertz CT molecular complexity index is 796. The van der Waals surface area contributed by atoms with E-state index >= 15 is 0 Å². The van der Waals surface area contributed by atoms with E-state index in [1.54, 1.807) is 29.2 Å². The number of pyridine rings is 1. The lowest BCUT2D eigenvalue weighted by molar-refractivity contribution is -0.384. The number of aromatic nitrogens is 1. The van der Waals surface area contributed by atoms with Crippen molar-refractivity contribution in [1.29, 1.82) is 0 Å². The molecule has 0 radical (unpaired) electrons. The predicted octanol–water partition coefficient (Wildman–Crippen LogP) is 1.77. The highest BCUT2D eigenvalue weighted by Gasteiger charge is 2.38. The Morgan fingerprint density at radius 2 is 2.04 bits per heavy atom. The topological polar surface area (TPSA) is 106 Å². The molecule has 0 bridgehead atoms. The van der Waals surface area contributed by atoms with Crippen LogP contribution in [0, 0.1) is 10.1 Å². The lowest BCUT2D eigenvalue weighted by atomic mass is 10.1. The number of carbonyl (C=O) groups excluding carboxylic acids is 1. The minimum absolute atomic E-state index is 0.121. The van der Waals surface area contributed by atoms with Crippen molar-refractivity contribution in [1.82, 2.24) is 4.98 Å². The molecule has 0 unspecified atom stereocenters. The first kappa shape index (κ1) is 16.8. The summed E-state index contributed by atoms with van der Waals surface area (Å²) in [5.41, 5.74) is 0.697. The Morgan fingerprint density at radius 3 is 2.68 bits per heavy atom. The third kappa shape index (κ3) is 3.29. The SMILES string of the molecule is COC(=O)[C@@H]1C[C@@H](O)CN1c1ccc([N+](=O)[O-])c(-c2ccccc2)n1. The number of benzene rings is 1. The van der Waals surface area contributed by atoms with Crippen molar-refractivity contribution in [2.45, 2.75) is 18.6 Å². The van der Waals surface area contributed by atoms with Crippen LogP contribution in [0.15, 0.2) is 42.5 Å². The van der Waals surface area contributed by atoms with Crippen LogP contribution in [0.4, 0.5) is 11.5 Å². The first-order valence-corrected chi connectivity index (χ1v) is 7.74. The van der Waals surface area contributed by atoms with Crippen molar-refractivity contribution < 1.29 is 19.6 Å². The van der Waals surface area contributed by atoms with Crippen LogP contribution in [0.5, 0.6) is 0 Å². The van der Waals surface area contributed by atoms with Gasteiger partial charge in [0.2, 0.25) is 0 Å². The van der Waals surface area contributed by atoms with E-state index in [1.165, 1.54) is 19.2 Å². The molecular formula is C17H17N3O5. The van der Waals surface area contributed by atoms with E-state index in [1.807, 2.05) is 6.07 Å². The zero-order valence-electron chi connectivity index (χ0n) is 13.5. The van der Waals surface area contributed by atoms with Gasteiger partial charge in [-0.05, 0) is 6.07 Å². The fraction of sp³-hybridized carbons (Fsp3) is 0.294. The maximum Gasteiger partial charge on any atom is 0.328 e. The molecule has 1 aliphatic heterocycles. The van der Waals surface area contributed by atoms with E-state index in [-0.39, 0.29) is 24.3 Å². The summed E-state index contributed by atoms with van der Waals surface area (Å²) < 4.78 is 4.78. The average Bonchev–Trinajstić information content (AvgIpc) is 3.03. The molecule has 3 rings (SSSR count). The predicted molar refractivity (Wildman–Crippen MR) is 90.1 cm³/mol. The number of nitro groups is 1. The van der Waals surface area contributed by atoms with Crippen LogP contribution in [-0.4, -0.2) is 46.8 Å². The summed E-state index contributed by atoms with van der Waals surface area (Å²) in [4.78, 5) is 28.8. The van der Waals surface area contributed by atoms with E-state index in [0.29, 0.717) is 11.4 Å². The monoisotopic (exact) mass is 343 g/mol. The molecule has 2 heterocycles. The first-order chi connectivity index (χ1) is 12.0. The van der Waals surface area contributed by atoms with Gasteiger partial charge in [0.1, 0.15) is 11.9 Å². The average molecular weight is 343 g/mol. The van der Waals surface area contributed by atoms with Gasteiger partial charge in [-0.25, -0.2) is 9.78 Å². The number of β-amino-alcohol motifs (C(OH)–C–C–N with tert-alkyl or cyclic N) is 1. The molecule has 0 saturated carbocycles. The minimum Gasteiger partial charge on any atom is -0.467 e. The summed E-state index contributed by atoms with van der Waals surface area (Å²) in [6.45, 7) is 0.207. The molecule has 0 aliphatic carbocycles. The highest BCUT2D eigenvalue weighted by atomic mass is 16.6. The summed E-state index contributed by atoms with van der Waals surface area (Å²) in [6, 6.07) is 11.0. The van der Waals surface area contributed by atoms with Gasteiger partial charge in [-0.1, -0.05) is 30.3 Å². The normalized spacial score (nSPS) is 19.7. The third-order valence-corrected chi connectivity index (χ3v) is 4.15. The largest absolute Gasteiger partial charge is 0.467 e. The van der Waals surface area contributed by atoms with Crippen LogP contribution >= 0.6 is 0 Å². The van der Waals surface area contributed by atoms with Gasteiger partial charge in [-0.3, -0.25) is 10.1 Å². The Morgan fingerprint density at radius 1 is 1.32 bits per heavy atom. The van der Waals surface area contributed by atoms with Crippen LogP contribution in [0.2, 0.25) is 0 Å². The van der Waals surface area contributed by atoms with Crippen molar-refractivity contribution in [3.8, 4) is 11.3 Å². The highest BCUT2D eigenvalue weighted by molar-refractivity contribution is 5.81. The number of hydrogen-bond donors (Lipinski definition) is 1. The zero-order valence-corrected chi connectivity index (χ0v) is 13.5. The summed E-state index contributed by atoms with van der Waals surface area (Å²) in [5, 5.41) is 21.3. The van der Waals surface area contributed by atoms with Gasteiger partial charge in [0, 0.05) is 24.6 Å². The van der Waals surface area contributed by atoms with Crippen LogP contribution < -0.4 is 4.90 Å². The number of methoxy groups -OCH3 is 1. The van der Waals surface area contributed by atoms with Crippen molar-refractivity contribution in [3.05, 3.63) is 52.6 Å². The molecule has 1 aromatic heterocycles. The second-order valence-electron chi connectivity index (χ2n) is 5.74. The van der Waals surface area contributed by atoms with Gasteiger partial charge in [0.15, 0.2) is 5.69 Å². The number of anilines is 1. The first-order valence-electron chi connectivity index (χ1n) is 7.74. The van der Waals surface area contributed by atoms with Crippen LogP contribution in [0.1, 0.15) is 6.42 Å². The van der Waals surface area contributed by atoms with E-state index < -0.39 is 23.0 Å². The molecule has 1 aromatic carbocycles.